The molecule has 0 radical (unpaired) electrons. The number of aryl methyl sites for hydroxylation is 1. The Morgan fingerprint density at radius 1 is 0.957 bits per heavy atom. The molecule has 2 fully saturated rings. The Morgan fingerprint density at radius 2 is 1.62 bits per heavy atom. The molecule has 4 amide bonds. The van der Waals surface area contributed by atoms with E-state index in [4.69, 9.17) is 26.4 Å². The van der Waals surface area contributed by atoms with Crippen LogP contribution in [0.2, 0.25) is 0 Å². The molecule has 2 atom stereocenters. The van der Waals surface area contributed by atoms with E-state index in [2.05, 4.69) is 15.6 Å². The second-order valence-corrected chi connectivity index (χ2v) is 19.6. The Hall–Kier alpha value is -5.94. The van der Waals surface area contributed by atoms with Crippen LogP contribution in [-0.4, -0.2) is 95.8 Å². The fourth-order valence-electron chi connectivity index (χ4n) is 8.19. The number of nitrogens with zero attached hydrogens (tertiary/aromatic N) is 5. The van der Waals surface area contributed by atoms with Crippen LogP contribution >= 0.6 is 23.6 Å². The number of likely N-dealkylation sites (tertiary alicyclic amines) is 1. The minimum Gasteiger partial charge on any atom is -0.491 e. The summed E-state index contributed by atoms with van der Waals surface area (Å²) in [6.45, 7) is 13.3. The third kappa shape index (κ3) is 12.8. The molecule has 3 aromatic carbocycles. The average Bonchev–Trinajstić information content (AvgIpc) is 4.02. The first kappa shape index (κ1) is 52.4. The lowest BCUT2D eigenvalue weighted by atomic mass is 9.85. The number of nitrogens with one attached hydrogen (secondary N) is 2. The van der Waals surface area contributed by atoms with Crippen molar-refractivity contribution in [3.63, 3.8) is 0 Å². The number of rotatable bonds is 20. The topological polar surface area (TPSA) is 166 Å². The molecular formula is C50H58F3N7O7S2. The third-order valence-electron chi connectivity index (χ3n) is 11.9. The molecule has 6 rings (SSSR count). The highest BCUT2D eigenvalue weighted by Gasteiger charge is 2.51. The van der Waals surface area contributed by atoms with Gasteiger partial charge in [-0.3, -0.25) is 24.1 Å². The van der Waals surface area contributed by atoms with Gasteiger partial charge in [0.2, 0.25) is 17.7 Å². The number of carbonyl (C=O) groups is 4. The Morgan fingerprint density at radius 3 is 2.26 bits per heavy atom. The number of carbonyl (C=O) groups excluding carboxylic acids is 4. The van der Waals surface area contributed by atoms with Crippen LogP contribution in [0.3, 0.4) is 0 Å². The molecule has 2 N–H and O–H groups in total. The van der Waals surface area contributed by atoms with Gasteiger partial charge in [-0.05, 0) is 118 Å². The maximum Gasteiger partial charge on any atom is 0.417 e. The zero-order valence-corrected chi connectivity index (χ0v) is 41.2. The fourth-order valence-corrected chi connectivity index (χ4v) is 9.53. The number of nitriles is 1. The number of amides is 4. The highest BCUT2D eigenvalue weighted by molar-refractivity contribution is 7.81. The molecule has 0 bridgehead atoms. The van der Waals surface area contributed by atoms with Crippen LogP contribution in [-0.2, 0) is 41.4 Å². The molecule has 0 spiro atoms. The first-order valence-corrected chi connectivity index (χ1v) is 24.1. The predicted octanol–water partition coefficient (Wildman–Crippen LogP) is 8.35. The van der Waals surface area contributed by atoms with E-state index in [1.54, 1.807) is 65.3 Å². The summed E-state index contributed by atoms with van der Waals surface area (Å²) >= 11 is 7.20. The van der Waals surface area contributed by atoms with Crippen molar-refractivity contribution in [3.8, 4) is 22.3 Å². The number of alkyl halides is 3. The summed E-state index contributed by atoms with van der Waals surface area (Å²) < 4.78 is 58.2. The first-order chi connectivity index (χ1) is 32.7. The number of thiocarbonyl (C=S) groups is 1. The van der Waals surface area contributed by atoms with Gasteiger partial charge in [-0.15, -0.1) is 11.3 Å². The van der Waals surface area contributed by atoms with Crippen LogP contribution in [0.25, 0.3) is 10.4 Å². The van der Waals surface area contributed by atoms with E-state index < -0.39 is 46.2 Å². The average molecular weight is 990 g/mol. The number of aromatic nitrogens is 1. The van der Waals surface area contributed by atoms with Gasteiger partial charge in [0.15, 0.2) is 5.11 Å². The molecule has 2 aliphatic heterocycles. The molecule has 14 nitrogen and oxygen atoms in total. The molecular weight excluding hydrogens is 932 g/mol. The molecule has 1 aromatic heterocycles. The highest BCUT2D eigenvalue weighted by Crippen LogP contribution is 2.40. The molecule has 1 unspecified atom stereocenters. The van der Waals surface area contributed by atoms with Crippen molar-refractivity contribution in [1.29, 1.82) is 5.26 Å². The van der Waals surface area contributed by atoms with Gasteiger partial charge in [0.1, 0.15) is 30.0 Å². The third-order valence-corrected chi connectivity index (χ3v) is 13.3. The summed E-state index contributed by atoms with van der Waals surface area (Å²) in [4.78, 5) is 63.6. The van der Waals surface area contributed by atoms with Crippen molar-refractivity contribution in [3.05, 3.63) is 94.6 Å². The maximum absolute atomic E-state index is 13.9. The van der Waals surface area contributed by atoms with Crippen LogP contribution in [0.4, 0.5) is 24.5 Å². The zero-order valence-electron chi connectivity index (χ0n) is 39.6. The Balaban J connectivity index is 0.857. The van der Waals surface area contributed by atoms with E-state index in [0.29, 0.717) is 70.0 Å². The van der Waals surface area contributed by atoms with Crippen LogP contribution in [0.5, 0.6) is 5.75 Å². The zero-order chi connectivity index (χ0) is 50.1. The number of benzene rings is 3. The van der Waals surface area contributed by atoms with E-state index >= 15 is 0 Å². The van der Waals surface area contributed by atoms with Crippen molar-refractivity contribution < 1.29 is 46.6 Å². The quantitative estimate of drug-likeness (QED) is 0.0646. The van der Waals surface area contributed by atoms with Crippen molar-refractivity contribution in [1.82, 2.24) is 20.5 Å². The smallest absolute Gasteiger partial charge is 0.417 e. The van der Waals surface area contributed by atoms with Crippen molar-refractivity contribution >= 4 is 63.7 Å². The monoisotopic (exact) mass is 989 g/mol. The summed E-state index contributed by atoms with van der Waals surface area (Å²) in [5.74, 6) is -0.719. The van der Waals surface area contributed by atoms with Gasteiger partial charge in [-0.1, -0.05) is 45.0 Å². The number of unbranched alkanes of at least 4 members (excludes halogenated alkanes) is 1. The van der Waals surface area contributed by atoms with Crippen molar-refractivity contribution in [2.45, 2.75) is 104 Å². The summed E-state index contributed by atoms with van der Waals surface area (Å²) in [6, 6.07) is 17.9. The van der Waals surface area contributed by atoms with Gasteiger partial charge < -0.3 is 34.6 Å². The van der Waals surface area contributed by atoms with Crippen LogP contribution < -0.4 is 25.2 Å². The van der Waals surface area contributed by atoms with Crippen LogP contribution in [0, 0.1) is 23.7 Å². The van der Waals surface area contributed by atoms with E-state index in [0.717, 1.165) is 38.7 Å². The Kier molecular flexibility index (Phi) is 17.2. The highest BCUT2D eigenvalue weighted by atomic mass is 32.1. The largest absolute Gasteiger partial charge is 0.491 e. The lowest BCUT2D eigenvalue weighted by Gasteiger charge is -2.35. The summed E-state index contributed by atoms with van der Waals surface area (Å²) in [5, 5.41) is 15.1. The lowest BCUT2D eigenvalue weighted by molar-refractivity contribution is -0.144. The second kappa shape index (κ2) is 22.7. The van der Waals surface area contributed by atoms with Crippen molar-refractivity contribution in [2.24, 2.45) is 5.41 Å². The molecule has 0 aliphatic carbocycles. The summed E-state index contributed by atoms with van der Waals surface area (Å²) in [5.41, 5.74) is 1.73. The van der Waals surface area contributed by atoms with E-state index in [9.17, 15) is 37.6 Å². The van der Waals surface area contributed by atoms with Gasteiger partial charge in [-0.2, -0.15) is 18.4 Å². The van der Waals surface area contributed by atoms with Crippen molar-refractivity contribution in [2.75, 3.05) is 49.4 Å². The standard InChI is InChI=1S/C50H58F3N7O7S2/c1-32-42(69-31-56-32)34-14-12-33(13-15-34)30-55-44(62)40-10-9-22-58(40)45(63)43(48(2,3)4)57-41(61)11-7-8-23-65-24-25-66-26-27-67-38-20-18-36(19-21-38)60-47(68)59(46(64)49(60,5)6)37-17-16-35(29-54)39(28-37)50(51,52)53/h12-21,28,31,40,43H,7-11,22-27,30H2,1-6H3,(H,55,62)(H,57,61)/t40-,43?/m0/s1. The first-order valence-electron chi connectivity index (χ1n) is 22.8. The Labute approximate surface area is 410 Å². The van der Waals surface area contributed by atoms with E-state index in [1.165, 1.54) is 6.07 Å². The van der Waals surface area contributed by atoms with Crippen LogP contribution in [0.1, 0.15) is 89.1 Å². The second-order valence-electron chi connectivity index (χ2n) is 18.4. The normalized spacial score (nSPS) is 16.4. The Bertz CT molecular complexity index is 2520. The number of halogens is 3. The van der Waals surface area contributed by atoms with Gasteiger partial charge >= 0.3 is 6.18 Å². The minimum atomic E-state index is -4.80. The molecule has 3 heterocycles. The lowest BCUT2D eigenvalue weighted by Crippen LogP contribution is -2.57. The number of thiazole rings is 1. The number of hydrogen-bond acceptors (Lipinski definition) is 11. The van der Waals surface area contributed by atoms with E-state index in [-0.39, 0.29) is 48.2 Å². The van der Waals surface area contributed by atoms with Gasteiger partial charge in [0.05, 0.1) is 58.8 Å². The SMILES string of the molecule is Cc1ncsc1-c1ccc(CNC(=O)[C@@H]2CCCN2C(=O)C(NC(=O)CCCCOCCOCCOc2ccc(N3C(=S)N(c4ccc(C#N)c(C(F)(F)F)c4)C(=O)C3(C)C)cc2)C(C)(C)C)cc1. The minimum absolute atomic E-state index is 0.0103. The maximum atomic E-state index is 13.9. The fraction of sp³-hybridized carbons (Fsp3) is 0.460. The molecule has 2 aliphatic rings. The van der Waals surface area contributed by atoms with Gasteiger partial charge in [0.25, 0.3) is 5.91 Å². The molecule has 4 aromatic rings. The van der Waals surface area contributed by atoms with Gasteiger partial charge in [-0.25, -0.2) is 4.98 Å². The molecule has 0 saturated carbocycles. The predicted molar refractivity (Wildman–Crippen MR) is 260 cm³/mol. The van der Waals surface area contributed by atoms with Gasteiger partial charge in [0, 0.05) is 31.8 Å². The molecule has 368 valence electrons. The number of anilines is 2. The number of hydrogen-bond donors (Lipinski definition) is 2. The van der Waals surface area contributed by atoms with E-state index in [1.807, 2.05) is 57.5 Å². The number of ether oxygens (including phenoxy) is 3. The molecule has 19 heteroatoms. The molecule has 69 heavy (non-hydrogen) atoms. The van der Waals surface area contributed by atoms with Crippen LogP contribution in [0.15, 0.2) is 72.2 Å². The molecule has 2 saturated heterocycles. The summed E-state index contributed by atoms with van der Waals surface area (Å²) in [6.07, 6.45) is -2.16. The summed E-state index contributed by atoms with van der Waals surface area (Å²) in [7, 11) is 0.